The van der Waals surface area contributed by atoms with E-state index in [4.69, 9.17) is 9.47 Å². The number of nitrogens with one attached hydrogen (secondary N) is 1. The number of aromatic nitrogens is 1. The predicted molar refractivity (Wildman–Crippen MR) is 116 cm³/mol. The topological polar surface area (TPSA) is 107 Å². The largest absolute Gasteiger partial charge is 0.503 e. The van der Waals surface area contributed by atoms with E-state index in [0.29, 0.717) is 18.9 Å². The molecule has 2 aromatic rings. The van der Waals surface area contributed by atoms with Gasteiger partial charge in [-0.3, -0.25) is 14.4 Å². The van der Waals surface area contributed by atoms with Gasteiger partial charge in [0.25, 0.3) is 5.91 Å². The summed E-state index contributed by atoms with van der Waals surface area (Å²) in [7, 11) is 1.48. The number of ketones is 1. The summed E-state index contributed by atoms with van der Waals surface area (Å²) in [6.07, 6.45) is 3.93. The molecule has 0 saturated heterocycles. The van der Waals surface area contributed by atoms with E-state index >= 15 is 0 Å². The minimum atomic E-state index is -0.999. The third-order valence-electron chi connectivity index (χ3n) is 7.06. The molecular weight excluding hydrogens is 450 g/mol. The van der Waals surface area contributed by atoms with E-state index in [1.165, 1.54) is 23.9 Å². The minimum Gasteiger partial charge on any atom is -0.503 e. The summed E-state index contributed by atoms with van der Waals surface area (Å²) in [5.41, 5.74) is -3.45. The number of fused-ring (bicyclic) bond motifs is 2. The highest BCUT2D eigenvalue weighted by Crippen LogP contribution is 2.52. The van der Waals surface area contributed by atoms with Gasteiger partial charge in [0.05, 0.1) is 12.0 Å². The Morgan fingerprint density at radius 2 is 1.97 bits per heavy atom. The van der Waals surface area contributed by atoms with Crippen LogP contribution in [0.25, 0.3) is 0 Å². The molecule has 10 heteroatoms. The molecule has 2 heterocycles. The van der Waals surface area contributed by atoms with Crippen LogP contribution in [-0.2, 0) is 22.6 Å². The van der Waals surface area contributed by atoms with Gasteiger partial charge in [-0.25, -0.2) is 8.78 Å². The molecule has 0 radical (unpaired) electrons. The molecule has 1 aromatic heterocycles. The monoisotopic (exact) mass is 476 g/mol. The van der Waals surface area contributed by atoms with Crippen molar-refractivity contribution in [2.75, 3.05) is 13.9 Å². The zero-order chi connectivity index (χ0) is 24.7. The molecule has 0 spiro atoms. The van der Waals surface area contributed by atoms with E-state index in [2.05, 4.69) is 5.32 Å². The number of rotatable bonds is 6. The molecule has 2 atom stereocenters. The van der Waals surface area contributed by atoms with E-state index in [9.17, 15) is 28.3 Å². The zero-order valence-electron chi connectivity index (χ0n) is 19.0. The third kappa shape index (κ3) is 3.80. The van der Waals surface area contributed by atoms with Gasteiger partial charge in [0.1, 0.15) is 35.3 Å². The number of amides is 1. The first-order valence-electron chi connectivity index (χ1n) is 11.0. The van der Waals surface area contributed by atoms with Crippen LogP contribution in [0.2, 0.25) is 0 Å². The standard InChI is InChI=1S/C24H26F2N2O6/c1-23-7-3-4-8-24(23,34-13-33-2)12-28-11-16(19(29)20(30)18(28)21(23)31)22(32)27-10-14-5-6-15(25)9-17(14)26/h5-6,9,11,30H,3-4,7-8,10,12-13H2,1-2H3,(H,27,32)/t23-,24-/m0/s1. The Balaban J connectivity index is 1.70. The van der Waals surface area contributed by atoms with Gasteiger partial charge in [-0.05, 0) is 25.8 Å². The number of ether oxygens (including phenoxy) is 2. The molecule has 1 amide bonds. The smallest absolute Gasteiger partial charge is 0.257 e. The van der Waals surface area contributed by atoms with Crippen molar-refractivity contribution >= 4 is 11.7 Å². The molecule has 2 N–H and O–H groups in total. The van der Waals surface area contributed by atoms with Crippen molar-refractivity contribution in [2.24, 2.45) is 5.41 Å². The van der Waals surface area contributed by atoms with Gasteiger partial charge in [-0.15, -0.1) is 0 Å². The van der Waals surface area contributed by atoms with Crippen LogP contribution in [0.1, 0.15) is 59.0 Å². The van der Waals surface area contributed by atoms with Crippen molar-refractivity contribution in [3.05, 3.63) is 63.1 Å². The zero-order valence-corrected chi connectivity index (χ0v) is 19.0. The lowest BCUT2D eigenvalue weighted by molar-refractivity contribution is -0.197. The fourth-order valence-corrected chi connectivity index (χ4v) is 5.06. The van der Waals surface area contributed by atoms with Crippen molar-refractivity contribution in [3.8, 4) is 5.75 Å². The highest BCUT2D eigenvalue weighted by Gasteiger charge is 2.59. The summed E-state index contributed by atoms with van der Waals surface area (Å²) in [4.78, 5) is 39.1. The number of Topliss-reactive ketones (excluding diaryl/α,β-unsaturated/α-hetero) is 1. The Kier molecular flexibility index (Phi) is 6.30. The molecule has 4 rings (SSSR count). The maximum Gasteiger partial charge on any atom is 0.257 e. The summed E-state index contributed by atoms with van der Waals surface area (Å²) >= 11 is 0. The molecule has 1 aromatic carbocycles. The van der Waals surface area contributed by atoms with Crippen LogP contribution >= 0.6 is 0 Å². The lowest BCUT2D eigenvalue weighted by atomic mass is 9.59. The SMILES string of the molecule is COCO[C@]12CCCC[C@@]1(C)C(=O)c1c(O)c(=O)c(C(=O)NCc3ccc(F)cc3F)cn1C2. The van der Waals surface area contributed by atoms with Crippen molar-refractivity contribution in [1.82, 2.24) is 9.88 Å². The quantitative estimate of drug-likeness (QED) is 0.621. The molecule has 1 aliphatic heterocycles. The van der Waals surface area contributed by atoms with E-state index in [-0.39, 0.29) is 31.1 Å². The molecule has 182 valence electrons. The van der Waals surface area contributed by atoms with Crippen LogP contribution in [0, 0.1) is 17.0 Å². The second-order valence-electron chi connectivity index (χ2n) is 9.03. The van der Waals surface area contributed by atoms with Gasteiger partial charge in [-0.2, -0.15) is 0 Å². The van der Waals surface area contributed by atoms with Gasteiger partial charge in [0.2, 0.25) is 5.43 Å². The lowest BCUT2D eigenvalue weighted by Crippen LogP contribution is -2.61. The molecule has 1 aliphatic carbocycles. The number of nitrogens with zero attached hydrogens (tertiary/aromatic N) is 1. The maximum absolute atomic E-state index is 13.9. The number of hydrogen-bond donors (Lipinski definition) is 2. The average Bonchev–Trinajstić information content (AvgIpc) is 2.80. The van der Waals surface area contributed by atoms with Crippen LogP contribution < -0.4 is 10.7 Å². The summed E-state index contributed by atoms with van der Waals surface area (Å²) in [6, 6.07) is 2.92. The highest BCUT2D eigenvalue weighted by molar-refractivity contribution is 6.04. The number of carbonyl (C=O) groups is 2. The Labute approximate surface area is 194 Å². The Hall–Kier alpha value is -3.11. The van der Waals surface area contributed by atoms with E-state index in [1.807, 2.05) is 0 Å². The molecule has 2 aliphatic rings. The lowest BCUT2D eigenvalue weighted by Gasteiger charge is -2.53. The van der Waals surface area contributed by atoms with Gasteiger partial charge in [0.15, 0.2) is 11.5 Å². The maximum atomic E-state index is 13.9. The van der Waals surface area contributed by atoms with Crippen molar-refractivity contribution < 1.29 is 33.0 Å². The number of benzene rings is 1. The van der Waals surface area contributed by atoms with Gasteiger partial charge >= 0.3 is 0 Å². The summed E-state index contributed by atoms with van der Waals surface area (Å²) in [5, 5.41) is 13.1. The van der Waals surface area contributed by atoms with E-state index in [1.54, 1.807) is 6.92 Å². The van der Waals surface area contributed by atoms with Crippen LogP contribution in [0.3, 0.4) is 0 Å². The number of methoxy groups -OCH3 is 1. The molecule has 1 saturated carbocycles. The number of aromatic hydroxyl groups is 1. The highest BCUT2D eigenvalue weighted by atomic mass is 19.1. The van der Waals surface area contributed by atoms with Gasteiger partial charge in [0, 0.05) is 31.5 Å². The van der Waals surface area contributed by atoms with Crippen LogP contribution in [0.4, 0.5) is 8.78 Å². The van der Waals surface area contributed by atoms with Crippen LogP contribution in [0.15, 0.2) is 29.2 Å². The Bertz CT molecular complexity index is 1210. The molecule has 8 nitrogen and oxygen atoms in total. The number of pyridine rings is 1. The number of carbonyl (C=O) groups excluding carboxylic acids is 2. The van der Waals surface area contributed by atoms with Gasteiger partial charge < -0.3 is 24.5 Å². The van der Waals surface area contributed by atoms with E-state index in [0.717, 1.165) is 18.9 Å². The second-order valence-corrected chi connectivity index (χ2v) is 9.03. The summed E-state index contributed by atoms with van der Waals surface area (Å²) in [6.45, 7) is 1.57. The Morgan fingerprint density at radius 1 is 1.24 bits per heavy atom. The molecule has 1 fully saturated rings. The first kappa shape index (κ1) is 24.0. The van der Waals surface area contributed by atoms with E-state index < -0.39 is 51.1 Å². The predicted octanol–water partition coefficient (Wildman–Crippen LogP) is 2.90. The fraction of sp³-hybridized carbons (Fsp3) is 0.458. The fourth-order valence-electron chi connectivity index (χ4n) is 5.06. The average molecular weight is 476 g/mol. The molecule has 0 unspecified atom stereocenters. The summed E-state index contributed by atoms with van der Waals surface area (Å²) < 4.78 is 39.5. The van der Waals surface area contributed by atoms with Crippen LogP contribution in [-0.4, -0.2) is 40.9 Å². The molecule has 34 heavy (non-hydrogen) atoms. The van der Waals surface area contributed by atoms with Crippen molar-refractivity contribution in [3.63, 3.8) is 0 Å². The third-order valence-corrected chi connectivity index (χ3v) is 7.06. The first-order valence-corrected chi connectivity index (χ1v) is 11.0. The second kappa shape index (κ2) is 8.92. The minimum absolute atomic E-state index is 0.0251. The first-order chi connectivity index (χ1) is 16.1. The van der Waals surface area contributed by atoms with Gasteiger partial charge in [-0.1, -0.05) is 18.9 Å². The summed E-state index contributed by atoms with van der Waals surface area (Å²) in [5.74, 6) is -3.70. The normalized spacial score (nSPS) is 23.8. The van der Waals surface area contributed by atoms with Crippen molar-refractivity contribution in [2.45, 2.75) is 51.3 Å². The molecular formula is C24H26F2N2O6. The Morgan fingerprint density at radius 3 is 2.68 bits per heavy atom. The van der Waals surface area contributed by atoms with Crippen molar-refractivity contribution in [1.29, 1.82) is 0 Å². The molecule has 0 bridgehead atoms. The number of hydrogen-bond acceptors (Lipinski definition) is 6. The van der Waals surface area contributed by atoms with Crippen LogP contribution in [0.5, 0.6) is 5.75 Å². The number of halogens is 2.